The highest BCUT2D eigenvalue weighted by molar-refractivity contribution is 6.31. The van der Waals surface area contributed by atoms with Gasteiger partial charge >= 0.3 is 0 Å². The number of fused-ring (bicyclic) bond motifs is 1. The second-order valence-corrected chi connectivity index (χ2v) is 6.04. The highest BCUT2D eigenvalue weighted by Crippen LogP contribution is 2.38. The maximum absolute atomic E-state index is 12.9. The molecule has 4 rings (SSSR count). The molecule has 1 aliphatic heterocycles. The van der Waals surface area contributed by atoms with E-state index in [2.05, 4.69) is 0 Å². The maximum Gasteiger partial charge on any atom is 0.263 e. The molecule has 1 aliphatic rings. The normalized spacial score (nSPS) is 15.0. The Morgan fingerprint density at radius 2 is 1.38 bits per heavy atom. The van der Waals surface area contributed by atoms with Crippen LogP contribution in [0.2, 0.25) is 5.02 Å². The van der Waals surface area contributed by atoms with Crippen molar-refractivity contribution in [3.8, 4) is 0 Å². The van der Waals surface area contributed by atoms with Crippen LogP contribution in [0, 0.1) is 0 Å². The van der Waals surface area contributed by atoms with Gasteiger partial charge in [-0.05, 0) is 42.0 Å². The van der Waals surface area contributed by atoms with Crippen LogP contribution in [0.4, 0.5) is 5.69 Å². The molecular weight excluding hydrogens is 318 g/mol. The zero-order valence-electron chi connectivity index (χ0n) is 12.8. The highest BCUT2D eigenvalue weighted by atomic mass is 35.5. The van der Waals surface area contributed by atoms with Crippen LogP contribution in [0.15, 0.2) is 78.9 Å². The molecule has 0 saturated heterocycles. The van der Waals surface area contributed by atoms with E-state index in [1.54, 1.807) is 17.0 Å². The fourth-order valence-electron chi connectivity index (χ4n) is 2.94. The van der Waals surface area contributed by atoms with Crippen molar-refractivity contribution in [3.05, 3.63) is 101 Å². The quantitative estimate of drug-likeness (QED) is 0.607. The van der Waals surface area contributed by atoms with Crippen molar-refractivity contribution in [3.63, 3.8) is 0 Å². The SMILES string of the molecule is O=C1c2ccccc2C(=Cc2ccccc2)N1c1ccc(Cl)cc1. The third kappa shape index (κ3) is 2.51. The van der Waals surface area contributed by atoms with Crippen molar-refractivity contribution < 1.29 is 4.79 Å². The van der Waals surface area contributed by atoms with E-state index in [1.165, 1.54) is 0 Å². The number of halogens is 1. The van der Waals surface area contributed by atoms with Crippen LogP contribution < -0.4 is 4.90 Å². The van der Waals surface area contributed by atoms with Gasteiger partial charge in [-0.3, -0.25) is 9.69 Å². The third-order valence-corrected chi connectivity index (χ3v) is 4.32. The Kier molecular flexibility index (Phi) is 3.68. The molecule has 2 nitrogen and oxygen atoms in total. The largest absolute Gasteiger partial charge is 0.276 e. The highest BCUT2D eigenvalue weighted by Gasteiger charge is 2.32. The van der Waals surface area contributed by atoms with Crippen LogP contribution in [0.5, 0.6) is 0 Å². The molecule has 0 saturated carbocycles. The fraction of sp³-hybridized carbons (Fsp3) is 0. The van der Waals surface area contributed by atoms with Gasteiger partial charge in [-0.25, -0.2) is 0 Å². The molecule has 0 fully saturated rings. The third-order valence-electron chi connectivity index (χ3n) is 4.07. The minimum atomic E-state index is -0.0184. The lowest BCUT2D eigenvalue weighted by molar-refractivity contribution is 0.101. The van der Waals surface area contributed by atoms with Crippen molar-refractivity contribution >= 4 is 35.0 Å². The Hall–Kier alpha value is -2.84. The second kappa shape index (κ2) is 5.99. The van der Waals surface area contributed by atoms with Crippen molar-refractivity contribution in [2.45, 2.75) is 0 Å². The fourth-order valence-corrected chi connectivity index (χ4v) is 3.07. The zero-order chi connectivity index (χ0) is 16.5. The van der Waals surface area contributed by atoms with Gasteiger partial charge in [0.25, 0.3) is 5.91 Å². The molecule has 0 radical (unpaired) electrons. The van der Waals surface area contributed by atoms with Gasteiger partial charge in [0.05, 0.1) is 5.70 Å². The average molecular weight is 332 g/mol. The number of hydrogen-bond donors (Lipinski definition) is 0. The summed E-state index contributed by atoms with van der Waals surface area (Å²) in [4.78, 5) is 14.7. The topological polar surface area (TPSA) is 20.3 Å². The number of rotatable bonds is 2. The van der Waals surface area contributed by atoms with Gasteiger partial charge in [0.2, 0.25) is 0 Å². The van der Waals surface area contributed by atoms with Crippen molar-refractivity contribution in [1.82, 2.24) is 0 Å². The lowest BCUT2D eigenvalue weighted by atomic mass is 10.1. The first-order valence-corrected chi connectivity index (χ1v) is 8.08. The maximum atomic E-state index is 12.9. The van der Waals surface area contributed by atoms with Gasteiger partial charge in [0.15, 0.2) is 0 Å². The summed E-state index contributed by atoms with van der Waals surface area (Å²) < 4.78 is 0. The molecule has 0 bridgehead atoms. The predicted octanol–water partition coefficient (Wildman–Crippen LogP) is 5.50. The number of hydrogen-bond acceptors (Lipinski definition) is 1. The van der Waals surface area contributed by atoms with Crippen LogP contribution in [0.1, 0.15) is 21.5 Å². The summed E-state index contributed by atoms with van der Waals surface area (Å²) in [6, 6.07) is 25.0. The number of benzene rings is 3. The summed E-state index contributed by atoms with van der Waals surface area (Å²) in [5.41, 5.74) is 4.40. The Balaban J connectivity index is 1.90. The van der Waals surface area contributed by atoms with E-state index in [9.17, 15) is 4.79 Å². The van der Waals surface area contributed by atoms with Crippen LogP contribution in [0.3, 0.4) is 0 Å². The van der Waals surface area contributed by atoms with Gasteiger partial charge < -0.3 is 0 Å². The number of nitrogens with zero attached hydrogens (tertiary/aromatic N) is 1. The predicted molar refractivity (Wildman–Crippen MR) is 99.0 cm³/mol. The van der Waals surface area contributed by atoms with Gasteiger partial charge in [0, 0.05) is 21.8 Å². The van der Waals surface area contributed by atoms with Crippen LogP contribution in [0.25, 0.3) is 11.8 Å². The molecule has 0 unspecified atom stereocenters. The summed E-state index contributed by atoms with van der Waals surface area (Å²) >= 11 is 5.99. The Morgan fingerprint density at radius 3 is 2.08 bits per heavy atom. The summed E-state index contributed by atoms with van der Waals surface area (Å²) in [5.74, 6) is -0.0184. The molecule has 24 heavy (non-hydrogen) atoms. The first kappa shape index (κ1) is 14.7. The van der Waals surface area contributed by atoms with Crippen molar-refractivity contribution in [2.75, 3.05) is 4.90 Å². The van der Waals surface area contributed by atoms with Gasteiger partial charge in [-0.2, -0.15) is 0 Å². The van der Waals surface area contributed by atoms with Crippen LogP contribution in [-0.2, 0) is 0 Å². The van der Waals surface area contributed by atoms with Gasteiger partial charge in [0.1, 0.15) is 0 Å². The van der Waals surface area contributed by atoms with E-state index in [1.807, 2.05) is 72.8 Å². The molecule has 1 heterocycles. The molecule has 3 aromatic carbocycles. The molecule has 3 aromatic rings. The number of anilines is 1. The number of amides is 1. The second-order valence-electron chi connectivity index (χ2n) is 5.60. The molecule has 0 aliphatic carbocycles. The van der Waals surface area contributed by atoms with E-state index in [0.717, 1.165) is 28.1 Å². The number of carbonyl (C=O) groups is 1. The standard InChI is InChI=1S/C21H14ClNO/c22-16-10-12-17(13-11-16)23-20(14-15-6-2-1-3-7-15)18-8-4-5-9-19(18)21(23)24/h1-14H. The van der Waals surface area contributed by atoms with E-state index in [-0.39, 0.29) is 5.91 Å². The lowest BCUT2D eigenvalue weighted by Crippen LogP contribution is -2.22. The Labute approximate surface area is 145 Å². The monoisotopic (exact) mass is 331 g/mol. The minimum absolute atomic E-state index is 0.0184. The van der Waals surface area contributed by atoms with Gasteiger partial charge in [-0.1, -0.05) is 60.1 Å². The summed E-state index contributed by atoms with van der Waals surface area (Å²) in [7, 11) is 0. The molecule has 3 heteroatoms. The van der Waals surface area contributed by atoms with Gasteiger partial charge in [-0.15, -0.1) is 0 Å². The average Bonchev–Trinajstić information content (AvgIpc) is 2.89. The first-order valence-electron chi connectivity index (χ1n) is 7.70. The Bertz CT molecular complexity index is 930. The minimum Gasteiger partial charge on any atom is -0.276 e. The van der Waals surface area contributed by atoms with E-state index in [4.69, 9.17) is 11.6 Å². The summed E-state index contributed by atoms with van der Waals surface area (Å²) in [5, 5.41) is 0.650. The molecule has 0 atom stereocenters. The van der Waals surface area contributed by atoms with E-state index < -0.39 is 0 Å². The van der Waals surface area contributed by atoms with Crippen LogP contribution >= 0.6 is 11.6 Å². The Morgan fingerprint density at radius 1 is 0.750 bits per heavy atom. The summed E-state index contributed by atoms with van der Waals surface area (Å²) in [6.07, 6.45) is 2.04. The van der Waals surface area contributed by atoms with E-state index in [0.29, 0.717) is 5.02 Å². The molecule has 1 amide bonds. The molecular formula is C21H14ClNO. The van der Waals surface area contributed by atoms with Crippen molar-refractivity contribution in [1.29, 1.82) is 0 Å². The summed E-state index contributed by atoms with van der Waals surface area (Å²) in [6.45, 7) is 0. The van der Waals surface area contributed by atoms with E-state index >= 15 is 0 Å². The zero-order valence-corrected chi connectivity index (χ0v) is 13.6. The number of carbonyl (C=O) groups excluding carboxylic acids is 1. The lowest BCUT2D eigenvalue weighted by Gasteiger charge is -2.19. The molecule has 0 spiro atoms. The molecule has 0 N–H and O–H groups in total. The smallest absolute Gasteiger partial charge is 0.263 e. The first-order chi connectivity index (χ1) is 11.7. The molecule has 0 aromatic heterocycles. The van der Waals surface area contributed by atoms with Crippen molar-refractivity contribution in [2.24, 2.45) is 0 Å². The van der Waals surface area contributed by atoms with Crippen LogP contribution in [-0.4, -0.2) is 5.91 Å². The molecule has 116 valence electrons.